The van der Waals surface area contributed by atoms with Crippen molar-refractivity contribution in [2.24, 2.45) is 0 Å². The zero-order chi connectivity index (χ0) is 22.1. The molecule has 2 aromatic carbocycles. The van der Waals surface area contributed by atoms with Gasteiger partial charge in [-0.2, -0.15) is 0 Å². The van der Waals surface area contributed by atoms with E-state index in [2.05, 4.69) is 15.8 Å². The van der Waals surface area contributed by atoms with E-state index >= 15 is 0 Å². The zero-order valence-corrected chi connectivity index (χ0v) is 16.8. The van der Waals surface area contributed by atoms with Crippen LogP contribution in [0.25, 0.3) is 10.9 Å². The first-order valence-electron chi connectivity index (χ1n) is 9.25. The van der Waals surface area contributed by atoms with E-state index in [1.807, 2.05) is 0 Å². The predicted octanol–water partition coefficient (Wildman–Crippen LogP) is 1.92. The summed E-state index contributed by atoms with van der Waals surface area (Å²) in [7, 11) is 0. The van der Waals surface area contributed by atoms with Gasteiger partial charge in [0.15, 0.2) is 0 Å². The van der Waals surface area contributed by atoms with Gasteiger partial charge in [-0.25, -0.2) is 0 Å². The van der Waals surface area contributed by atoms with Crippen molar-refractivity contribution < 1.29 is 19.2 Å². The number of aromatic nitrogens is 1. The molecule has 4 rings (SSSR count). The van der Waals surface area contributed by atoms with Gasteiger partial charge in [-0.15, -0.1) is 0 Å². The van der Waals surface area contributed by atoms with Crippen LogP contribution in [0.4, 0.5) is 5.69 Å². The van der Waals surface area contributed by atoms with Crippen molar-refractivity contribution >= 4 is 51.8 Å². The van der Waals surface area contributed by atoms with Crippen molar-refractivity contribution in [2.45, 2.75) is 6.42 Å². The third-order valence-corrected chi connectivity index (χ3v) is 5.11. The molecule has 0 spiro atoms. The number of carbonyl (C=O) groups excluding carboxylic acids is 4. The predicted molar refractivity (Wildman–Crippen MR) is 113 cm³/mol. The Hall–Kier alpha value is -3.98. The number of nitrogen functional groups attached to an aromatic ring is 1. The summed E-state index contributed by atoms with van der Waals surface area (Å²) in [6.45, 7) is -0.119. The maximum absolute atomic E-state index is 12.4. The van der Waals surface area contributed by atoms with Crippen LogP contribution in [0.1, 0.15) is 37.5 Å². The molecule has 1 aliphatic rings. The van der Waals surface area contributed by atoms with Crippen LogP contribution in [0, 0.1) is 0 Å². The summed E-state index contributed by atoms with van der Waals surface area (Å²) in [5.41, 5.74) is 12.0. The number of fused-ring (bicyclic) bond motifs is 2. The number of nitrogens with one attached hydrogen (secondary N) is 2. The fourth-order valence-corrected chi connectivity index (χ4v) is 3.45. The molecule has 1 aliphatic heterocycles. The van der Waals surface area contributed by atoms with Gasteiger partial charge < -0.3 is 5.73 Å². The number of hydrogen-bond acceptors (Lipinski definition) is 6. The Morgan fingerprint density at radius 3 is 2.39 bits per heavy atom. The maximum atomic E-state index is 12.4. The summed E-state index contributed by atoms with van der Waals surface area (Å²) in [5.74, 6) is -2.15. The largest absolute Gasteiger partial charge is 0.397 e. The average molecular weight is 438 g/mol. The van der Waals surface area contributed by atoms with Gasteiger partial charge in [0.1, 0.15) is 0 Å². The molecule has 3 aromatic rings. The Bertz CT molecular complexity index is 1220. The minimum Gasteiger partial charge on any atom is -0.397 e. The smallest absolute Gasteiger partial charge is 0.273 e. The number of nitrogens with two attached hydrogens (primary N) is 1. The number of benzene rings is 2. The number of imide groups is 1. The molecular weight excluding hydrogens is 422 g/mol. The van der Waals surface area contributed by atoms with Crippen LogP contribution in [-0.4, -0.2) is 40.1 Å². The Labute approximate surface area is 181 Å². The van der Waals surface area contributed by atoms with Gasteiger partial charge in [-0.1, -0.05) is 23.7 Å². The molecule has 4 N–H and O–H groups in total. The van der Waals surface area contributed by atoms with Crippen LogP contribution in [-0.2, 0) is 4.79 Å². The van der Waals surface area contributed by atoms with Crippen LogP contribution in [0.2, 0.25) is 5.02 Å². The first-order valence-corrected chi connectivity index (χ1v) is 9.62. The summed E-state index contributed by atoms with van der Waals surface area (Å²) >= 11 is 5.97. The van der Waals surface area contributed by atoms with E-state index in [4.69, 9.17) is 17.3 Å². The Morgan fingerprint density at radius 1 is 1.03 bits per heavy atom. The molecule has 0 radical (unpaired) electrons. The highest BCUT2D eigenvalue weighted by molar-refractivity contribution is 6.31. The number of carbonyl (C=O) groups is 4. The summed E-state index contributed by atoms with van der Waals surface area (Å²) in [6, 6.07) is 11.4. The lowest BCUT2D eigenvalue weighted by Gasteiger charge is -2.14. The number of nitrogens with zero attached hydrogens (tertiary/aromatic N) is 2. The van der Waals surface area contributed by atoms with Crippen molar-refractivity contribution in [3.8, 4) is 0 Å². The van der Waals surface area contributed by atoms with E-state index in [9.17, 15) is 19.2 Å². The lowest BCUT2D eigenvalue weighted by molar-refractivity contribution is -0.121. The minimum atomic E-state index is -0.666. The number of rotatable bonds is 4. The number of halogens is 1. The van der Waals surface area contributed by atoms with Crippen molar-refractivity contribution in [1.82, 2.24) is 20.7 Å². The summed E-state index contributed by atoms with van der Waals surface area (Å²) in [4.78, 5) is 54.3. The molecule has 156 valence electrons. The van der Waals surface area contributed by atoms with Crippen LogP contribution in [0.5, 0.6) is 0 Å². The Morgan fingerprint density at radius 2 is 1.71 bits per heavy atom. The molecule has 0 saturated heterocycles. The van der Waals surface area contributed by atoms with E-state index in [0.29, 0.717) is 27.1 Å². The Kier molecular flexibility index (Phi) is 5.26. The molecule has 0 saturated carbocycles. The van der Waals surface area contributed by atoms with Gasteiger partial charge in [-0.3, -0.25) is 39.9 Å². The summed E-state index contributed by atoms with van der Waals surface area (Å²) < 4.78 is 0. The zero-order valence-electron chi connectivity index (χ0n) is 16.0. The van der Waals surface area contributed by atoms with Gasteiger partial charge in [0.25, 0.3) is 17.7 Å². The Balaban J connectivity index is 1.36. The third kappa shape index (κ3) is 3.78. The number of hydrogen-bond donors (Lipinski definition) is 3. The SMILES string of the molecule is Nc1c(C(=O)NNC(=O)CCN2C(=O)c3ccccc3C2=O)cnc2ccc(Cl)cc12. The van der Waals surface area contributed by atoms with Gasteiger partial charge in [0.05, 0.1) is 27.9 Å². The first kappa shape index (κ1) is 20.3. The molecule has 9 nitrogen and oxygen atoms in total. The number of hydrazine groups is 1. The van der Waals surface area contributed by atoms with E-state index in [1.54, 1.807) is 42.5 Å². The highest BCUT2D eigenvalue weighted by atomic mass is 35.5. The molecule has 31 heavy (non-hydrogen) atoms. The van der Waals surface area contributed by atoms with Crippen molar-refractivity contribution in [1.29, 1.82) is 0 Å². The molecule has 1 aromatic heterocycles. The number of pyridine rings is 1. The molecule has 0 fully saturated rings. The molecule has 4 amide bonds. The molecule has 10 heteroatoms. The monoisotopic (exact) mass is 437 g/mol. The van der Waals surface area contributed by atoms with Crippen LogP contribution >= 0.6 is 11.6 Å². The lowest BCUT2D eigenvalue weighted by atomic mass is 10.1. The topological polar surface area (TPSA) is 134 Å². The van der Waals surface area contributed by atoms with Crippen LogP contribution < -0.4 is 16.6 Å². The fourth-order valence-electron chi connectivity index (χ4n) is 3.28. The standard InChI is InChI=1S/C21H16ClN5O4/c22-11-5-6-16-14(9-11)18(23)15(10-24-16)19(29)26-25-17(28)7-8-27-20(30)12-3-1-2-4-13(12)21(27)31/h1-6,9-10H,7-8H2,(H2,23,24)(H,25,28)(H,26,29). The normalized spacial score (nSPS) is 12.7. The minimum absolute atomic E-state index is 0.0652. The summed E-state index contributed by atoms with van der Waals surface area (Å²) in [6.07, 6.45) is 1.11. The van der Waals surface area contributed by atoms with Crippen molar-refractivity contribution in [3.05, 3.63) is 70.4 Å². The number of anilines is 1. The first-order chi connectivity index (χ1) is 14.9. The third-order valence-electron chi connectivity index (χ3n) is 4.87. The molecular formula is C21H16ClN5O4. The molecule has 0 aliphatic carbocycles. The second-order valence-corrected chi connectivity index (χ2v) is 7.24. The lowest BCUT2D eigenvalue weighted by Crippen LogP contribution is -2.43. The molecule has 0 unspecified atom stereocenters. The van der Waals surface area contributed by atoms with Crippen LogP contribution in [0.15, 0.2) is 48.7 Å². The quantitative estimate of drug-likeness (QED) is 0.421. The average Bonchev–Trinajstić information content (AvgIpc) is 3.01. The number of amides is 4. The van der Waals surface area contributed by atoms with Crippen LogP contribution in [0.3, 0.4) is 0 Å². The summed E-state index contributed by atoms with van der Waals surface area (Å²) in [5, 5.41) is 0.956. The van der Waals surface area contributed by atoms with E-state index in [1.165, 1.54) is 6.20 Å². The van der Waals surface area contributed by atoms with Gasteiger partial charge in [0.2, 0.25) is 5.91 Å². The highest BCUT2D eigenvalue weighted by Gasteiger charge is 2.34. The second kappa shape index (κ2) is 8.04. The molecule has 0 atom stereocenters. The van der Waals surface area contributed by atoms with E-state index in [-0.39, 0.29) is 24.2 Å². The fraction of sp³-hybridized carbons (Fsp3) is 0.0952. The van der Waals surface area contributed by atoms with Gasteiger partial charge in [-0.05, 0) is 30.3 Å². The van der Waals surface area contributed by atoms with Crippen molar-refractivity contribution in [3.63, 3.8) is 0 Å². The maximum Gasteiger partial charge on any atom is 0.273 e. The van der Waals surface area contributed by atoms with E-state index < -0.39 is 23.6 Å². The van der Waals surface area contributed by atoms with Gasteiger partial charge in [0, 0.05) is 29.6 Å². The molecule has 0 bridgehead atoms. The second-order valence-electron chi connectivity index (χ2n) is 6.81. The van der Waals surface area contributed by atoms with E-state index in [0.717, 1.165) is 4.90 Å². The van der Waals surface area contributed by atoms with Gasteiger partial charge >= 0.3 is 0 Å². The highest BCUT2D eigenvalue weighted by Crippen LogP contribution is 2.26. The van der Waals surface area contributed by atoms with Crippen molar-refractivity contribution in [2.75, 3.05) is 12.3 Å². The molecule has 2 heterocycles.